The van der Waals surface area contributed by atoms with Crippen LogP contribution in [0.2, 0.25) is 0 Å². The van der Waals surface area contributed by atoms with Gasteiger partial charge in [0.15, 0.2) is 0 Å². The van der Waals surface area contributed by atoms with Gasteiger partial charge in [0.1, 0.15) is 17.2 Å². The Kier molecular flexibility index (Phi) is 5.08. The van der Waals surface area contributed by atoms with Gasteiger partial charge in [-0.25, -0.2) is 0 Å². The number of nitrogens with zero attached hydrogens (tertiary/aromatic N) is 2. The van der Waals surface area contributed by atoms with E-state index < -0.39 is 0 Å². The molecular weight excluding hydrogens is 334 g/mol. The van der Waals surface area contributed by atoms with Gasteiger partial charge in [-0.15, -0.1) is 11.3 Å². The molecule has 0 bridgehead atoms. The monoisotopic (exact) mass is 357 g/mol. The number of carbonyl (C=O) groups excluding carboxylic acids is 1. The number of fused-ring (bicyclic) bond motifs is 1. The third kappa shape index (κ3) is 3.85. The van der Waals surface area contributed by atoms with Crippen molar-refractivity contribution in [1.29, 1.82) is 0 Å². The van der Waals surface area contributed by atoms with Crippen LogP contribution in [-0.4, -0.2) is 28.8 Å². The highest BCUT2D eigenvalue weighted by Crippen LogP contribution is 2.27. The van der Waals surface area contributed by atoms with Crippen LogP contribution < -0.4 is 10.1 Å². The van der Waals surface area contributed by atoms with Crippen LogP contribution in [0.25, 0.3) is 10.2 Å². The van der Waals surface area contributed by atoms with Gasteiger partial charge in [-0.1, -0.05) is 26.0 Å². The zero-order valence-electron chi connectivity index (χ0n) is 15.0. The Morgan fingerprint density at radius 3 is 2.68 bits per heavy atom. The highest BCUT2D eigenvalue weighted by atomic mass is 32.1. The number of rotatable bonds is 6. The molecule has 1 N–H and O–H groups in total. The minimum Gasteiger partial charge on any atom is -0.492 e. The summed E-state index contributed by atoms with van der Waals surface area (Å²) in [5.74, 6) is 1.26. The van der Waals surface area contributed by atoms with E-state index in [-0.39, 0.29) is 5.91 Å². The second-order valence-electron chi connectivity index (χ2n) is 6.37. The summed E-state index contributed by atoms with van der Waals surface area (Å²) < 4.78 is 7.50. The second-order valence-corrected chi connectivity index (χ2v) is 7.40. The Morgan fingerprint density at radius 1 is 1.32 bits per heavy atom. The predicted molar refractivity (Wildman–Crippen MR) is 102 cm³/mol. The maximum atomic E-state index is 12.3. The van der Waals surface area contributed by atoms with Gasteiger partial charge in [0.05, 0.1) is 17.1 Å². The van der Waals surface area contributed by atoms with E-state index in [1.54, 1.807) is 0 Å². The van der Waals surface area contributed by atoms with Crippen molar-refractivity contribution >= 4 is 27.5 Å². The molecule has 2 heterocycles. The number of amides is 1. The summed E-state index contributed by atoms with van der Waals surface area (Å²) in [5.41, 5.74) is 2.23. The molecule has 0 aliphatic carbocycles. The smallest absolute Gasteiger partial charge is 0.261 e. The minimum atomic E-state index is -0.0700. The molecule has 1 amide bonds. The molecule has 2 aromatic heterocycles. The van der Waals surface area contributed by atoms with Crippen molar-refractivity contribution in [2.75, 3.05) is 13.2 Å². The van der Waals surface area contributed by atoms with E-state index in [0.29, 0.717) is 23.9 Å². The van der Waals surface area contributed by atoms with Crippen LogP contribution in [0.1, 0.15) is 40.7 Å². The van der Waals surface area contributed by atoms with Crippen LogP contribution >= 0.6 is 11.3 Å². The number of ether oxygens (including phenoxy) is 1. The number of carbonyl (C=O) groups is 1. The van der Waals surface area contributed by atoms with Crippen molar-refractivity contribution < 1.29 is 9.53 Å². The first kappa shape index (κ1) is 17.5. The molecule has 0 saturated heterocycles. The van der Waals surface area contributed by atoms with Crippen molar-refractivity contribution in [2.24, 2.45) is 7.05 Å². The molecule has 3 aromatic rings. The second kappa shape index (κ2) is 7.27. The van der Waals surface area contributed by atoms with E-state index in [1.165, 1.54) is 16.9 Å². The highest BCUT2D eigenvalue weighted by Gasteiger charge is 2.14. The normalized spacial score (nSPS) is 11.2. The zero-order chi connectivity index (χ0) is 18.0. The van der Waals surface area contributed by atoms with Crippen LogP contribution in [0, 0.1) is 6.92 Å². The zero-order valence-corrected chi connectivity index (χ0v) is 15.8. The standard InChI is InChI=1S/C19H23N3O2S/c1-12(2)14-5-7-15(8-6-14)24-10-9-20-18(23)17-11-16-13(3)21-22(4)19(16)25-17/h5-8,11-12H,9-10H2,1-4H3,(H,20,23). The molecule has 0 aliphatic heterocycles. The van der Waals surface area contributed by atoms with E-state index in [9.17, 15) is 4.79 Å². The maximum Gasteiger partial charge on any atom is 0.261 e. The fourth-order valence-corrected chi connectivity index (χ4v) is 3.73. The lowest BCUT2D eigenvalue weighted by Crippen LogP contribution is -2.27. The predicted octanol–water partition coefficient (Wildman–Crippen LogP) is 3.88. The molecule has 0 unspecified atom stereocenters. The summed E-state index contributed by atoms with van der Waals surface area (Å²) in [5, 5.41) is 8.30. The fraction of sp³-hybridized carbons (Fsp3) is 0.368. The molecule has 6 heteroatoms. The molecule has 5 nitrogen and oxygen atoms in total. The molecule has 0 saturated carbocycles. The van der Waals surface area contributed by atoms with Gasteiger partial charge < -0.3 is 10.1 Å². The number of hydrogen-bond donors (Lipinski definition) is 1. The van der Waals surface area contributed by atoms with Crippen molar-refractivity contribution in [3.05, 3.63) is 46.5 Å². The molecule has 3 rings (SSSR count). The fourth-order valence-electron chi connectivity index (χ4n) is 2.69. The molecule has 132 valence electrons. The number of hydrogen-bond acceptors (Lipinski definition) is 4. The topological polar surface area (TPSA) is 56.2 Å². The van der Waals surface area contributed by atoms with Crippen molar-refractivity contribution in [1.82, 2.24) is 15.1 Å². The number of aromatic nitrogens is 2. The lowest BCUT2D eigenvalue weighted by molar-refractivity contribution is 0.0951. The summed E-state index contributed by atoms with van der Waals surface area (Å²) in [6.07, 6.45) is 0. The molecule has 0 atom stereocenters. The average molecular weight is 357 g/mol. The number of thiophene rings is 1. The summed E-state index contributed by atoms with van der Waals surface area (Å²) in [6.45, 7) is 7.19. The van der Waals surface area contributed by atoms with Crippen LogP contribution in [0.5, 0.6) is 5.75 Å². The molecule has 0 aliphatic rings. The summed E-state index contributed by atoms with van der Waals surface area (Å²) >= 11 is 1.46. The van der Waals surface area contributed by atoms with Crippen LogP contribution in [0.3, 0.4) is 0 Å². The molecule has 0 fully saturated rings. The summed E-state index contributed by atoms with van der Waals surface area (Å²) in [7, 11) is 1.89. The van der Waals surface area contributed by atoms with E-state index in [1.807, 2.05) is 36.9 Å². The van der Waals surface area contributed by atoms with Gasteiger partial charge in [-0.05, 0) is 36.6 Å². The van der Waals surface area contributed by atoms with Gasteiger partial charge >= 0.3 is 0 Å². The van der Waals surface area contributed by atoms with Gasteiger partial charge in [-0.3, -0.25) is 9.48 Å². The Balaban J connectivity index is 1.51. The SMILES string of the molecule is Cc1nn(C)c2sc(C(=O)NCCOc3ccc(C(C)C)cc3)cc12. The van der Waals surface area contributed by atoms with E-state index in [4.69, 9.17) is 4.74 Å². The first-order valence-electron chi connectivity index (χ1n) is 8.40. The van der Waals surface area contributed by atoms with Crippen molar-refractivity contribution in [3.63, 3.8) is 0 Å². The van der Waals surface area contributed by atoms with Gasteiger partial charge in [-0.2, -0.15) is 5.10 Å². The van der Waals surface area contributed by atoms with Crippen LogP contribution in [0.4, 0.5) is 0 Å². The third-order valence-corrected chi connectivity index (χ3v) is 5.32. The van der Waals surface area contributed by atoms with Crippen LogP contribution in [0.15, 0.2) is 30.3 Å². The molecule has 25 heavy (non-hydrogen) atoms. The van der Waals surface area contributed by atoms with Gasteiger partial charge in [0.25, 0.3) is 5.91 Å². The van der Waals surface area contributed by atoms with Crippen LogP contribution in [-0.2, 0) is 7.05 Å². The van der Waals surface area contributed by atoms with Gasteiger partial charge in [0, 0.05) is 12.4 Å². The Bertz CT molecular complexity index is 844. The molecule has 0 spiro atoms. The van der Waals surface area contributed by atoms with Gasteiger partial charge in [0.2, 0.25) is 0 Å². The summed E-state index contributed by atoms with van der Waals surface area (Å²) in [4.78, 5) is 14.0. The largest absolute Gasteiger partial charge is 0.492 e. The van der Waals surface area contributed by atoms with E-state index in [0.717, 1.165) is 21.7 Å². The lowest BCUT2D eigenvalue weighted by Gasteiger charge is -2.09. The quantitative estimate of drug-likeness (QED) is 0.681. The number of nitrogens with one attached hydrogen (secondary N) is 1. The number of aryl methyl sites for hydroxylation is 2. The molecular formula is C19H23N3O2S. The maximum absolute atomic E-state index is 12.3. The first-order valence-corrected chi connectivity index (χ1v) is 9.21. The molecule has 1 aromatic carbocycles. The Labute approximate surface area is 151 Å². The van der Waals surface area contributed by atoms with Crippen molar-refractivity contribution in [2.45, 2.75) is 26.7 Å². The van der Waals surface area contributed by atoms with E-state index in [2.05, 4.69) is 36.4 Å². The van der Waals surface area contributed by atoms with Crippen molar-refractivity contribution in [3.8, 4) is 5.75 Å². The average Bonchev–Trinajstić information content (AvgIpc) is 3.14. The van der Waals surface area contributed by atoms with E-state index >= 15 is 0 Å². The first-order chi connectivity index (χ1) is 12.0. The Morgan fingerprint density at radius 2 is 2.04 bits per heavy atom. The Hall–Kier alpha value is -2.34. The minimum absolute atomic E-state index is 0.0700. The summed E-state index contributed by atoms with van der Waals surface area (Å²) in [6, 6.07) is 10.00. The molecule has 0 radical (unpaired) electrons. The highest BCUT2D eigenvalue weighted by molar-refractivity contribution is 7.20. The number of benzene rings is 1. The third-order valence-electron chi connectivity index (χ3n) is 4.12. The lowest BCUT2D eigenvalue weighted by atomic mass is 10.0.